The molecule has 0 aliphatic heterocycles. The number of anilines is 1. The Kier molecular flexibility index (Phi) is 5.14. The maximum atomic E-state index is 12.2. The van der Waals surface area contributed by atoms with Crippen molar-refractivity contribution in [1.29, 1.82) is 0 Å². The minimum Gasteiger partial charge on any atom is -0.434 e. The topological polar surface area (TPSA) is 80.0 Å². The number of thiocarbonyl (C=S) groups is 1. The van der Waals surface area contributed by atoms with E-state index in [0.29, 0.717) is 22.7 Å². The van der Waals surface area contributed by atoms with E-state index in [1.807, 2.05) is 30.3 Å². The van der Waals surface area contributed by atoms with Crippen LogP contribution < -0.4 is 10.6 Å². The van der Waals surface area contributed by atoms with Crippen molar-refractivity contribution in [1.82, 2.24) is 15.3 Å². The second-order valence-electron chi connectivity index (χ2n) is 5.84. The second kappa shape index (κ2) is 7.87. The van der Waals surface area contributed by atoms with Gasteiger partial charge in [-0.1, -0.05) is 15.9 Å². The SMILES string of the molecule is O=C(NC(=S)Nc1ccc(-c2nc3ncccc3o2)cc1)c1ccc(Br)cc1. The molecule has 4 aromatic rings. The van der Waals surface area contributed by atoms with Crippen LogP contribution in [-0.4, -0.2) is 21.0 Å². The molecule has 0 spiro atoms. The highest BCUT2D eigenvalue weighted by Crippen LogP contribution is 2.24. The normalized spacial score (nSPS) is 10.6. The summed E-state index contributed by atoms with van der Waals surface area (Å²) < 4.78 is 6.61. The predicted octanol–water partition coefficient (Wildman–Crippen LogP) is 4.78. The number of benzene rings is 2. The molecular formula is C20H13BrN4O2S. The van der Waals surface area contributed by atoms with E-state index in [9.17, 15) is 4.79 Å². The number of carbonyl (C=O) groups is 1. The van der Waals surface area contributed by atoms with Gasteiger partial charge >= 0.3 is 0 Å². The van der Waals surface area contributed by atoms with Gasteiger partial charge in [0.2, 0.25) is 5.89 Å². The van der Waals surface area contributed by atoms with E-state index in [-0.39, 0.29) is 11.0 Å². The molecule has 0 bridgehead atoms. The monoisotopic (exact) mass is 452 g/mol. The van der Waals surface area contributed by atoms with E-state index < -0.39 is 0 Å². The standard InChI is InChI=1S/C20H13BrN4O2S/c21-14-7-3-12(4-8-14)18(26)25-20(28)23-15-9-5-13(6-10-15)19-24-17-16(27-19)2-1-11-22-17/h1-11H,(H2,23,25,26,28). The largest absolute Gasteiger partial charge is 0.434 e. The third kappa shape index (κ3) is 4.08. The molecule has 4 rings (SSSR count). The number of aromatic nitrogens is 2. The quantitative estimate of drug-likeness (QED) is 0.435. The van der Waals surface area contributed by atoms with Gasteiger partial charge in [-0.05, 0) is 72.9 Å². The molecule has 28 heavy (non-hydrogen) atoms. The predicted molar refractivity (Wildman–Crippen MR) is 115 cm³/mol. The van der Waals surface area contributed by atoms with Gasteiger partial charge in [0.25, 0.3) is 5.91 Å². The molecule has 0 fully saturated rings. The van der Waals surface area contributed by atoms with Crippen molar-refractivity contribution < 1.29 is 9.21 Å². The fourth-order valence-corrected chi connectivity index (χ4v) is 3.00. The van der Waals surface area contributed by atoms with Crippen LogP contribution in [0.15, 0.2) is 75.8 Å². The first-order valence-electron chi connectivity index (χ1n) is 8.28. The first-order chi connectivity index (χ1) is 13.6. The zero-order chi connectivity index (χ0) is 19.5. The lowest BCUT2D eigenvalue weighted by molar-refractivity contribution is 0.0977. The van der Waals surface area contributed by atoms with Crippen LogP contribution in [0, 0.1) is 0 Å². The van der Waals surface area contributed by atoms with Crippen molar-refractivity contribution in [3.63, 3.8) is 0 Å². The molecule has 0 saturated heterocycles. The lowest BCUT2D eigenvalue weighted by atomic mass is 10.2. The molecule has 8 heteroatoms. The van der Waals surface area contributed by atoms with Gasteiger partial charge in [-0.2, -0.15) is 4.98 Å². The maximum absolute atomic E-state index is 12.2. The van der Waals surface area contributed by atoms with Gasteiger partial charge in [-0.15, -0.1) is 0 Å². The number of halogens is 1. The van der Waals surface area contributed by atoms with Crippen LogP contribution in [0.3, 0.4) is 0 Å². The Morgan fingerprint density at radius 1 is 1.04 bits per heavy atom. The van der Waals surface area contributed by atoms with Crippen molar-refractivity contribution in [3.05, 3.63) is 76.9 Å². The lowest BCUT2D eigenvalue weighted by Crippen LogP contribution is -2.34. The fraction of sp³-hybridized carbons (Fsp3) is 0. The summed E-state index contributed by atoms with van der Waals surface area (Å²) in [6.07, 6.45) is 1.67. The molecule has 2 aromatic carbocycles. The zero-order valence-corrected chi connectivity index (χ0v) is 16.8. The van der Waals surface area contributed by atoms with Crippen LogP contribution in [0.4, 0.5) is 5.69 Å². The average Bonchev–Trinajstić information content (AvgIpc) is 3.13. The Balaban J connectivity index is 1.41. The Morgan fingerprint density at radius 2 is 1.79 bits per heavy atom. The minimum atomic E-state index is -0.277. The zero-order valence-electron chi connectivity index (χ0n) is 14.3. The van der Waals surface area contributed by atoms with E-state index in [4.69, 9.17) is 16.6 Å². The number of hydrogen-bond acceptors (Lipinski definition) is 5. The summed E-state index contributed by atoms with van der Waals surface area (Å²) >= 11 is 8.55. The Hall–Kier alpha value is -3.10. The number of carbonyl (C=O) groups excluding carboxylic acids is 1. The first-order valence-corrected chi connectivity index (χ1v) is 9.48. The van der Waals surface area contributed by atoms with Crippen LogP contribution in [0.5, 0.6) is 0 Å². The minimum absolute atomic E-state index is 0.215. The molecule has 6 nitrogen and oxygen atoms in total. The number of hydrogen-bond donors (Lipinski definition) is 2. The molecule has 0 saturated carbocycles. The second-order valence-corrected chi connectivity index (χ2v) is 7.16. The highest BCUT2D eigenvalue weighted by atomic mass is 79.9. The molecular weight excluding hydrogens is 440 g/mol. The molecule has 2 heterocycles. The van der Waals surface area contributed by atoms with Crippen molar-refractivity contribution >= 4 is 56.1 Å². The van der Waals surface area contributed by atoms with E-state index in [0.717, 1.165) is 15.7 Å². The lowest BCUT2D eigenvalue weighted by Gasteiger charge is -2.10. The number of nitrogens with zero attached hydrogens (tertiary/aromatic N) is 2. The van der Waals surface area contributed by atoms with Gasteiger partial charge in [0.05, 0.1) is 0 Å². The number of amides is 1. The number of nitrogens with one attached hydrogen (secondary N) is 2. The van der Waals surface area contributed by atoms with Gasteiger partial charge in [-0.3, -0.25) is 10.1 Å². The van der Waals surface area contributed by atoms with Crippen molar-refractivity contribution in [2.24, 2.45) is 0 Å². The molecule has 0 unspecified atom stereocenters. The average molecular weight is 453 g/mol. The molecule has 2 aromatic heterocycles. The highest BCUT2D eigenvalue weighted by molar-refractivity contribution is 9.10. The Labute approximate surface area is 174 Å². The molecule has 0 aliphatic rings. The number of pyridine rings is 1. The molecule has 1 amide bonds. The molecule has 138 valence electrons. The molecule has 2 N–H and O–H groups in total. The summed E-state index contributed by atoms with van der Waals surface area (Å²) in [6, 6.07) is 18.0. The third-order valence-electron chi connectivity index (χ3n) is 3.89. The fourth-order valence-electron chi connectivity index (χ4n) is 2.53. The maximum Gasteiger partial charge on any atom is 0.257 e. The van der Waals surface area contributed by atoms with Crippen LogP contribution in [-0.2, 0) is 0 Å². The van der Waals surface area contributed by atoms with Crippen molar-refractivity contribution in [2.45, 2.75) is 0 Å². The van der Waals surface area contributed by atoms with E-state index in [1.54, 1.807) is 36.5 Å². The number of oxazole rings is 1. The van der Waals surface area contributed by atoms with Gasteiger partial charge in [-0.25, -0.2) is 4.98 Å². The van der Waals surface area contributed by atoms with Crippen molar-refractivity contribution in [2.75, 3.05) is 5.32 Å². The Morgan fingerprint density at radius 3 is 2.50 bits per heavy atom. The summed E-state index contributed by atoms with van der Waals surface area (Å²) in [6.45, 7) is 0. The van der Waals surface area contributed by atoms with Gasteiger partial charge < -0.3 is 9.73 Å². The van der Waals surface area contributed by atoms with E-state index in [2.05, 4.69) is 36.5 Å². The first kappa shape index (κ1) is 18.3. The third-order valence-corrected chi connectivity index (χ3v) is 4.62. The van der Waals surface area contributed by atoms with Crippen LogP contribution in [0.1, 0.15) is 10.4 Å². The highest BCUT2D eigenvalue weighted by Gasteiger charge is 2.10. The van der Waals surface area contributed by atoms with E-state index >= 15 is 0 Å². The summed E-state index contributed by atoms with van der Waals surface area (Å²) in [5, 5.41) is 5.86. The number of fused-ring (bicyclic) bond motifs is 1. The summed E-state index contributed by atoms with van der Waals surface area (Å²) in [7, 11) is 0. The summed E-state index contributed by atoms with van der Waals surface area (Å²) in [4.78, 5) is 20.7. The summed E-state index contributed by atoms with van der Waals surface area (Å²) in [5.74, 6) is 0.215. The van der Waals surface area contributed by atoms with Crippen LogP contribution >= 0.6 is 28.1 Å². The number of rotatable bonds is 3. The van der Waals surface area contributed by atoms with Gasteiger partial charge in [0, 0.05) is 27.5 Å². The van der Waals surface area contributed by atoms with Crippen LogP contribution in [0.25, 0.3) is 22.7 Å². The molecule has 0 atom stereocenters. The Bertz CT molecular complexity index is 1120. The van der Waals surface area contributed by atoms with E-state index in [1.165, 1.54) is 0 Å². The van der Waals surface area contributed by atoms with Gasteiger partial charge in [0.15, 0.2) is 16.3 Å². The van der Waals surface area contributed by atoms with Crippen LogP contribution in [0.2, 0.25) is 0 Å². The molecule has 0 radical (unpaired) electrons. The van der Waals surface area contributed by atoms with Gasteiger partial charge in [0.1, 0.15) is 0 Å². The molecule has 0 aliphatic carbocycles. The summed E-state index contributed by atoms with van der Waals surface area (Å²) in [5.41, 5.74) is 3.27. The smallest absolute Gasteiger partial charge is 0.257 e. The van der Waals surface area contributed by atoms with Crippen molar-refractivity contribution in [3.8, 4) is 11.5 Å².